The van der Waals surface area contributed by atoms with Crippen LogP contribution in [-0.4, -0.2) is 31.2 Å². The number of ketones is 1. The van der Waals surface area contributed by atoms with Crippen molar-refractivity contribution in [3.05, 3.63) is 149 Å². The Balaban J connectivity index is 1.36. The number of carbonyl (C=O) groups is 3. The van der Waals surface area contributed by atoms with Gasteiger partial charge in [0, 0.05) is 0 Å². The first-order chi connectivity index (χ1) is 24.9. The Morgan fingerprint density at radius 2 is 1.00 bits per heavy atom. The van der Waals surface area contributed by atoms with Gasteiger partial charge >= 0.3 is 0 Å². The molecule has 1 saturated carbocycles. The minimum atomic E-state index is -1.55. The van der Waals surface area contributed by atoms with E-state index in [0.717, 1.165) is 11.1 Å². The molecule has 2 bridgehead atoms. The maximum Gasteiger partial charge on any atom is 0.239 e. The van der Waals surface area contributed by atoms with Crippen molar-refractivity contribution in [3.63, 3.8) is 0 Å². The Hall–Kier alpha value is -6.15. The van der Waals surface area contributed by atoms with Crippen LogP contribution >= 0.6 is 0 Å². The molecule has 0 aromatic heterocycles. The summed E-state index contributed by atoms with van der Waals surface area (Å²) in [6, 6.07) is 35.9. The lowest BCUT2D eigenvalue weighted by atomic mass is 9.59. The minimum absolute atomic E-state index is 0.0756. The first-order valence-electron chi connectivity index (χ1n) is 17.0. The highest BCUT2D eigenvalue weighted by Gasteiger charge is 2.82. The molecule has 5 aromatic rings. The summed E-state index contributed by atoms with van der Waals surface area (Å²) < 4.78 is 23.2. The van der Waals surface area contributed by atoms with Crippen LogP contribution in [0.3, 0.4) is 0 Å². The molecule has 0 N–H and O–H groups in total. The Morgan fingerprint density at radius 1 is 0.529 bits per heavy atom. The van der Waals surface area contributed by atoms with Crippen LogP contribution in [0.15, 0.2) is 115 Å². The zero-order chi connectivity index (χ0) is 34.6. The smallest absolute Gasteiger partial charge is 0.239 e. The topological polar surface area (TPSA) is 91.4 Å². The molecule has 3 heterocycles. The summed E-state index contributed by atoms with van der Waals surface area (Å²) in [6.45, 7) is 4.11. The van der Waals surface area contributed by atoms with Gasteiger partial charge in [0.25, 0.3) is 0 Å². The van der Waals surface area contributed by atoms with Gasteiger partial charge in [0.15, 0.2) is 28.8 Å². The Morgan fingerprint density at radius 3 is 1.47 bits per heavy atom. The number of rotatable bonds is 5. The molecule has 0 radical (unpaired) electrons. The number of aryl methyl sites for hydroxylation is 2. The van der Waals surface area contributed by atoms with E-state index in [1.165, 1.54) is 4.90 Å². The SMILES string of the molecule is Cc1ccc(N2C(=O)[C@@H]3[C@H](C2=O)[C@@]2(c4ccccc4)C(=O)[C@@]3(c3ccccc3)C(c3ccc4c(c3)OCO4)=C2c2ccc3c(c2)OCO3)cc1C. The third-order valence-corrected chi connectivity index (χ3v) is 11.5. The second-order valence-electron chi connectivity index (χ2n) is 13.8. The Bertz CT molecular complexity index is 2250. The number of ether oxygens (including phenoxy) is 4. The molecule has 2 fully saturated rings. The minimum Gasteiger partial charge on any atom is -0.454 e. The van der Waals surface area contributed by atoms with Gasteiger partial charge in [0.2, 0.25) is 25.4 Å². The standard InChI is InChI=1S/C43H31NO7/c1-24-13-16-30(19-25(24)2)44-39(45)37-38(40(44)46)43(29-11-7-4-8-12-29)36(27-15-18-32-34(21-27)51-23-49-32)35(26-14-17-31-33(20-26)50-22-48-31)42(37,41(43)47)28-9-5-3-6-10-28/h3-21,37-38H,22-23H2,1-2H3/t37-,38+,42-,43-/m0/s1. The lowest BCUT2D eigenvalue weighted by Gasteiger charge is -2.39. The Labute approximate surface area is 293 Å². The van der Waals surface area contributed by atoms with E-state index in [-0.39, 0.29) is 19.4 Å². The molecule has 3 aliphatic heterocycles. The number of hydrogen-bond acceptors (Lipinski definition) is 7. The number of carbonyl (C=O) groups excluding carboxylic acids is 3. The summed E-state index contributed by atoms with van der Waals surface area (Å²) >= 11 is 0. The fourth-order valence-corrected chi connectivity index (χ4v) is 9.35. The number of benzene rings is 5. The molecule has 8 heteroatoms. The highest BCUT2D eigenvalue weighted by Crippen LogP contribution is 2.74. The molecule has 2 amide bonds. The molecule has 4 atom stereocenters. The van der Waals surface area contributed by atoms with Crippen molar-refractivity contribution in [3.8, 4) is 23.0 Å². The number of allylic oxidation sites excluding steroid dienone is 2. The van der Waals surface area contributed by atoms with E-state index in [0.29, 0.717) is 62.1 Å². The number of nitrogens with zero attached hydrogens (tertiary/aromatic N) is 1. The van der Waals surface area contributed by atoms with Gasteiger partial charge in [-0.05, 0) is 94.8 Å². The maximum atomic E-state index is 16.2. The highest BCUT2D eigenvalue weighted by molar-refractivity contribution is 6.39. The Kier molecular flexibility index (Phi) is 6.08. The predicted octanol–water partition coefficient (Wildman–Crippen LogP) is 6.95. The van der Waals surface area contributed by atoms with Gasteiger partial charge < -0.3 is 18.9 Å². The molecule has 250 valence electrons. The molecule has 8 nitrogen and oxygen atoms in total. The maximum absolute atomic E-state index is 16.2. The molecule has 2 aliphatic carbocycles. The van der Waals surface area contributed by atoms with Crippen molar-refractivity contribution < 1.29 is 33.3 Å². The first-order valence-corrected chi connectivity index (χ1v) is 17.0. The fourth-order valence-electron chi connectivity index (χ4n) is 9.35. The number of Topliss-reactive ketones (excluding diaryl/α,β-unsaturated/α-hetero) is 1. The summed E-state index contributed by atoms with van der Waals surface area (Å²) in [5, 5.41) is 0. The lowest BCUT2D eigenvalue weighted by molar-refractivity contribution is -0.130. The van der Waals surface area contributed by atoms with Crippen molar-refractivity contribution in [2.24, 2.45) is 11.8 Å². The molecular formula is C43H31NO7. The molecule has 5 aliphatic rings. The molecule has 0 unspecified atom stereocenters. The van der Waals surface area contributed by atoms with E-state index >= 15 is 14.4 Å². The zero-order valence-corrected chi connectivity index (χ0v) is 27.8. The second-order valence-corrected chi connectivity index (χ2v) is 13.8. The normalized spacial score (nSPS) is 25.3. The molecule has 5 aromatic carbocycles. The van der Waals surface area contributed by atoms with Gasteiger partial charge in [-0.25, -0.2) is 4.90 Å². The number of anilines is 1. The van der Waals surface area contributed by atoms with Crippen LogP contribution in [0.4, 0.5) is 5.69 Å². The van der Waals surface area contributed by atoms with Gasteiger partial charge in [0.05, 0.1) is 28.4 Å². The average Bonchev–Trinajstić information content (AvgIpc) is 3.96. The predicted molar refractivity (Wildman–Crippen MR) is 189 cm³/mol. The number of fused-ring (bicyclic) bond motifs is 7. The van der Waals surface area contributed by atoms with Crippen LogP contribution < -0.4 is 23.8 Å². The van der Waals surface area contributed by atoms with E-state index in [2.05, 4.69) is 0 Å². The van der Waals surface area contributed by atoms with Crippen LogP contribution in [0.2, 0.25) is 0 Å². The number of amides is 2. The van der Waals surface area contributed by atoms with Crippen LogP contribution in [0.1, 0.15) is 33.4 Å². The zero-order valence-electron chi connectivity index (χ0n) is 27.8. The summed E-state index contributed by atoms with van der Waals surface area (Å²) in [7, 11) is 0. The van der Waals surface area contributed by atoms with Gasteiger partial charge in [-0.3, -0.25) is 14.4 Å². The van der Waals surface area contributed by atoms with E-state index in [1.807, 2.05) is 129 Å². The fraction of sp³-hybridized carbons (Fsp3) is 0.186. The van der Waals surface area contributed by atoms with Crippen LogP contribution in [0.25, 0.3) is 11.1 Å². The largest absolute Gasteiger partial charge is 0.454 e. The molecule has 10 rings (SSSR count). The van der Waals surface area contributed by atoms with Gasteiger partial charge in [0.1, 0.15) is 0 Å². The van der Waals surface area contributed by atoms with Crippen molar-refractivity contribution in [2.45, 2.75) is 24.7 Å². The molecular weight excluding hydrogens is 642 g/mol. The molecule has 0 spiro atoms. The van der Waals surface area contributed by atoms with E-state index in [9.17, 15) is 0 Å². The summed E-state index contributed by atoms with van der Waals surface area (Å²) in [6.07, 6.45) is 0. The quantitative estimate of drug-likeness (QED) is 0.187. The number of imide groups is 1. The summed E-state index contributed by atoms with van der Waals surface area (Å²) in [5.41, 5.74) is 3.40. The van der Waals surface area contributed by atoms with E-state index < -0.39 is 34.5 Å². The first kappa shape index (κ1) is 29.7. The van der Waals surface area contributed by atoms with Crippen LogP contribution in [0, 0.1) is 25.7 Å². The van der Waals surface area contributed by atoms with Gasteiger partial charge in [-0.1, -0.05) is 78.9 Å². The van der Waals surface area contributed by atoms with Crippen molar-refractivity contribution >= 4 is 34.4 Å². The highest BCUT2D eigenvalue weighted by atomic mass is 16.7. The van der Waals surface area contributed by atoms with Crippen molar-refractivity contribution in [2.75, 3.05) is 18.5 Å². The van der Waals surface area contributed by atoms with Crippen LogP contribution in [0.5, 0.6) is 23.0 Å². The van der Waals surface area contributed by atoms with Gasteiger partial charge in [-0.2, -0.15) is 0 Å². The van der Waals surface area contributed by atoms with Crippen molar-refractivity contribution in [1.29, 1.82) is 0 Å². The van der Waals surface area contributed by atoms with Crippen LogP contribution in [-0.2, 0) is 25.2 Å². The average molecular weight is 674 g/mol. The summed E-state index contributed by atoms with van der Waals surface area (Å²) in [4.78, 5) is 48.1. The van der Waals surface area contributed by atoms with E-state index in [4.69, 9.17) is 18.9 Å². The van der Waals surface area contributed by atoms with Crippen molar-refractivity contribution in [1.82, 2.24) is 0 Å². The number of hydrogen-bond donors (Lipinski definition) is 0. The van der Waals surface area contributed by atoms with E-state index in [1.54, 1.807) is 0 Å². The molecule has 1 saturated heterocycles. The lowest BCUT2D eigenvalue weighted by Crippen LogP contribution is -2.45. The van der Waals surface area contributed by atoms with Gasteiger partial charge in [-0.15, -0.1) is 0 Å². The molecule has 51 heavy (non-hydrogen) atoms. The monoisotopic (exact) mass is 673 g/mol. The third kappa shape index (κ3) is 3.66. The summed E-state index contributed by atoms with van der Waals surface area (Å²) in [5.74, 6) is -0.813. The third-order valence-electron chi connectivity index (χ3n) is 11.5. The second kappa shape index (κ2) is 10.4.